The van der Waals surface area contributed by atoms with Crippen molar-refractivity contribution in [3.05, 3.63) is 35.8 Å². The number of halogens is 1. The summed E-state index contributed by atoms with van der Waals surface area (Å²) < 4.78 is 43.3. The van der Waals surface area contributed by atoms with Gasteiger partial charge >= 0.3 is 0 Å². The normalized spacial score (nSPS) is 17.6. The number of aryl methyl sites for hydroxylation is 1. The van der Waals surface area contributed by atoms with Crippen molar-refractivity contribution in [2.45, 2.75) is 19.8 Å². The van der Waals surface area contributed by atoms with E-state index in [0.29, 0.717) is 49.2 Å². The average Bonchev–Trinajstić information content (AvgIpc) is 2.53. The van der Waals surface area contributed by atoms with E-state index in [1.165, 1.54) is 12.3 Å². The molecule has 1 aromatic heterocycles. The van der Waals surface area contributed by atoms with Crippen molar-refractivity contribution in [2.24, 2.45) is 5.41 Å². The zero-order valence-electron chi connectivity index (χ0n) is 14.5. The van der Waals surface area contributed by atoms with Crippen LogP contribution in [-0.4, -0.2) is 45.2 Å². The standard InChI is InChI=1S/C18H23FN2O3S/c1-13-10-16(14-4-3-5-15(19)17(14)21-13)20-11-18(12-25(2,22)23)6-8-24-9-7-18/h3-5,10H,6-9,11-12H2,1-2H3,(H,20,21). The van der Waals surface area contributed by atoms with Crippen molar-refractivity contribution in [1.29, 1.82) is 0 Å². The first-order valence-corrected chi connectivity index (χ1v) is 10.4. The highest BCUT2D eigenvalue weighted by molar-refractivity contribution is 7.90. The summed E-state index contributed by atoms with van der Waals surface area (Å²) in [5, 5.41) is 4.06. The number of fused-ring (bicyclic) bond motifs is 1. The van der Waals surface area contributed by atoms with Crippen molar-refractivity contribution in [3.63, 3.8) is 0 Å². The first kappa shape index (κ1) is 18.1. The lowest BCUT2D eigenvalue weighted by atomic mass is 9.82. The fourth-order valence-corrected chi connectivity index (χ4v) is 5.01. The molecule has 7 heteroatoms. The third-order valence-electron chi connectivity index (χ3n) is 4.69. The number of benzene rings is 1. The van der Waals surface area contributed by atoms with Crippen LogP contribution in [0.25, 0.3) is 10.9 Å². The van der Waals surface area contributed by atoms with Crippen molar-refractivity contribution in [3.8, 4) is 0 Å². The van der Waals surface area contributed by atoms with Crippen molar-refractivity contribution < 1.29 is 17.5 Å². The monoisotopic (exact) mass is 366 g/mol. The topological polar surface area (TPSA) is 68.3 Å². The fourth-order valence-electron chi connectivity index (χ4n) is 3.50. The fraction of sp³-hybridized carbons (Fsp3) is 0.500. The molecule has 0 bridgehead atoms. The van der Waals surface area contributed by atoms with Gasteiger partial charge in [-0.15, -0.1) is 0 Å². The van der Waals surface area contributed by atoms with E-state index in [1.807, 2.05) is 19.1 Å². The molecule has 0 saturated carbocycles. The summed E-state index contributed by atoms with van der Waals surface area (Å²) in [5.74, 6) is -0.242. The number of sulfone groups is 1. The summed E-state index contributed by atoms with van der Waals surface area (Å²) in [4.78, 5) is 4.28. The summed E-state index contributed by atoms with van der Waals surface area (Å²) >= 11 is 0. The summed E-state index contributed by atoms with van der Waals surface area (Å²) in [6, 6.07) is 6.73. The minimum absolute atomic E-state index is 0.118. The molecule has 0 atom stereocenters. The molecule has 1 fully saturated rings. The maximum absolute atomic E-state index is 14.1. The van der Waals surface area contributed by atoms with Crippen LogP contribution in [0.15, 0.2) is 24.3 Å². The molecule has 2 aromatic rings. The lowest BCUT2D eigenvalue weighted by Crippen LogP contribution is -2.41. The number of nitrogens with one attached hydrogen (secondary N) is 1. The van der Waals surface area contributed by atoms with E-state index in [0.717, 1.165) is 5.69 Å². The highest BCUT2D eigenvalue weighted by Crippen LogP contribution is 2.34. The third kappa shape index (κ3) is 4.27. The van der Waals surface area contributed by atoms with Crippen LogP contribution in [0.1, 0.15) is 18.5 Å². The van der Waals surface area contributed by atoms with E-state index in [1.54, 1.807) is 6.07 Å². The Balaban J connectivity index is 1.91. The van der Waals surface area contributed by atoms with E-state index in [9.17, 15) is 12.8 Å². The number of pyridine rings is 1. The Hall–Kier alpha value is -1.73. The highest BCUT2D eigenvalue weighted by atomic mass is 32.2. The Kier molecular flexibility index (Phi) is 4.97. The zero-order chi connectivity index (χ0) is 18.1. The van der Waals surface area contributed by atoms with Crippen LogP contribution in [0.4, 0.5) is 10.1 Å². The van der Waals surface area contributed by atoms with Gasteiger partial charge in [-0.1, -0.05) is 12.1 Å². The average molecular weight is 366 g/mol. The summed E-state index contributed by atoms with van der Waals surface area (Å²) in [6.07, 6.45) is 2.64. The number of rotatable bonds is 5. The molecule has 1 aliphatic rings. The minimum Gasteiger partial charge on any atom is -0.384 e. The number of nitrogens with zero attached hydrogens (tertiary/aromatic N) is 1. The second-order valence-electron chi connectivity index (χ2n) is 6.98. The number of hydrogen-bond donors (Lipinski definition) is 1. The van der Waals surface area contributed by atoms with Crippen LogP contribution in [0.3, 0.4) is 0 Å². The van der Waals surface area contributed by atoms with E-state index in [-0.39, 0.29) is 17.0 Å². The molecule has 0 spiro atoms. The molecule has 1 saturated heterocycles. The van der Waals surface area contributed by atoms with E-state index >= 15 is 0 Å². The predicted octanol–water partition coefficient (Wildman–Crippen LogP) is 2.94. The van der Waals surface area contributed by atoms with Crippen LogP contribution in [0.5, 0.6) is 0 Å². The lowest BCUT2D eigenvalue weighted by Gasteiger charge is -2.37. The number of ether oxygens (including phenoxy) is 1. The molecule has 1 aliphatic heterocycles. The smallest absolute Gasteiger partial charge is 0.149 e. The third-order valence-corrected chi connectivity index (χ3v) is 5.83. The van der Waals surface area contributed by atoms with Gasteiger partial charge in [0.2, 0.25) is 0 Å². The van der Waals surface area contributed by atoms with E-state index in [2.05, 4.69) is 10.3 Å². The molecule has 0 aliphatic carbocycles. The first-order valence-electron chi connectivity index (χ1n) is 8.33. The molecular formula is C18H23FN2O3S. The van der Waals surface area contributed by atoms with Gasteiger partial charge < -0.3 is 10.1 Å². The van der Waals surface area contributed by atoms with Gasteiger partial charge in [0.05, 0.1) is 5.75 Å². The van der Waals surface area contributed by atoms with Crippen LogP contribution < -0.4 is 5.32 Å². The number of aromatic nitrogens is 1. The van der Waals surface area contributed by atoms with E-state index < -0.39 is 9.84 Å². The molecule has 136 valence electrons. The number of para-hydroxylation sites is 1. The van der Waals surface area contributed by atoms with E-state index in [4.69, 9.17) is 4.74 Å². The minimum atomic E-state index is -3.11. The van der Waals surface area contributed by atoms with Gasteiger partial charge in [-0.2, -0.15) is 0 Å². The van der Waals surface area contributed by atoms with Crippen LogP contribution >= 0.6 is 0 Å². The largest absolute Gasteiger partial charge is 0.384 e. The van der Waals surface area contributed by atoms with Crippen LogP contribution in [-0.2, 0) is 14.6 Å². The Morgan fingerprint density at radius 2 is 2.04 bits per heavy atom. The quantitative estimate of drug-likeness (QED) is 0.881. The van der Waals surface area contributed by atoms with Crippen molar-refractivity contribution in [2.75, 3.05) is 37.1 Å². The van der Waals surface area contributed by atoms with Gasteiger partial charge in [0.1, 0.15) is 21.2 Å². The Bertz CT molecular complexity index is 877. The summed E-state index contributed by atoms with van der Waals surface area (Å²) in [7, 11) is -3.11. The molecule has 3 rings (SSSR count). The highest BCUT2D eigenvalue weighted by Gasteiger charge is 2.36. The van der Waals surface area contributed by atoms with Gasteiger partial charge in [-0.05, 0) is 31.9 Å². The molecule has 1 aromatic carbocycles. The van der Waals surface area contributed by atoms with Crippen molar-refractivity contribution >= 4 is 26.4 Å². The maximum Gasteiger partial charge on any atom is 0.149 e. The second-order valence-corrected chi connectivity index (χ2v) is 9.12. The molecule has 0 unspecified atom stereocenters. The summed E-state index contributed by atoms with van der Waals surface area (Å²) in [5.41, 5.74) is 1.45. The van der Waals surface area contributed by atoms with Gasteiger partial charge in [0.15, 0.2) is 0 Å². The molecule has 0 radical (unpaired) electrons. The predicted molar refractivity (Wildman–Crippen MR) is 97.1 cm³/mol. The number of anilines is 1. The number of hydrogen-bond acceptors (Lipinski definition) is 5. The molecule has 25 heavy (non-hydrogen) atoms. The lowest BCUT2D eigenvalue weighted by molar-refractivity contribution is 0.0315. The summed E-state index contributed by atoms with van der Waals surface area (Å²) in [6.45, 7) is 3.43. The van der Waals surface area contributed by atoms with Gasteiger partial charge in [-0.3, -0.25) is 0 Å². The zero-order valence-corrected chi connectivity index (χ0v) is 15.3. The van der Waals surface area contributed by atoms with Crippen LogP contribution in [0.2, 0.25) is 0 Å². The Morgan fingerprint density at radius 3 is 2.72 bits per heavy atom. The van der Waals surface area contributed by atoms with Gasteiger partial charge in [-0.25, -0.2) is 17.8 Å². The second kappa shape index (κ2) is 6.88. The molecule has 0 amide bonds. The van der Waals surface area contributed by atoms with Crippen LogP contribution in [0, 0.1) is 18.2 Å². The van der Waals surface area contributed by atoms with Gasteiger partial charge in [0, 0.05) is 48.2 Å². The molecule has 5 nitrogen and oxygen atoms in total. The maximum atomic E-state index is 14.1. The Morgan fingerprint density at radius 1 is 1.32 bits per heavy atom. The SMILES string of the molecule is Cc1cc(NCC2(CS(C)(=O)=O)CCOCC2)c2cccc(F)c2n1. The Labute approximate surface area is 147 Å². The molecule has 2 heterocycles. The molecule has 1 N–H and O–H groups in total. The molecular weight excluding hydrogens is 343 g/mol. The van der Waals surface area contributed by atoms with Crippen molar-refractivity contribution in [1.82, 2.24) is 4.98 Å². The first-order chi connectivity index (χ1) is 11.8. The van der Waals surface area contributed by atoms with Gasteiger partial charge in [0.25, 0.3) is 0 Å².